The minimum atomic E-state index is 0.626. The fourth-order valence-corrected chi connectivity index (χ4v) is 1.43. The number of thioether (sulfide) groups is 1. The third-order valence-electron chi connectivity index (χ3n) is 2.19. The lowest BCUT2D eigenvalue weighted by Crippen LogP contribution is -2.12. The second kappa shape index (κ2) is 17.2. The van der Waals surface area contributed by atoms with Crippen LogP contribution in [0.3, 0.4) is 0 Å². The molecule has 0 amide bonds. The lowest BCUT2D eigenvalue weighted by atomic mass is 10.4. The van der Waals surface area contributed by atoms with Crippen LogP contribution in [0.1, 0.15) is 19.8 Å². The van der Waals surface area contributed by atoms with E-state index in [4.69, 9.17) is 18.9 Å². The Labute approximate surface area is 116 Å². The van der Waals surface area contributed by atoms with Gasteiger partial charge in [-0.1, -0.05) is 13.3 Å². The average molecular weight is 280 g/mol. The van der Waals surface area contributed by atoms with Crippen LogP contribution in [0.2, 0.25) is 0 Å². The molecule has 0 heterocycles. The molecule has 0 unspecified atom stereocenters. The molecule has 110 valence electrons. The number of unbranched alkanes of at least 4 members (excludes halogenated alkanes) is 1. The molecule has 0 rings (SSSR count). The lowest BCUT2D eigenvalue weighted by molar-refractivity contribution is -0.000477. The molecule has 0 atom stereocenters. The first-order valence-electron chi connectivity index (χ1n) is 6.71. The van der Waals surface area contributed by atoms with Crippen molar-refractivity contribution < 1.29 is 18.9 Å². The van der Waals surface area contributed by atoms with Crippen LogP contribution < -0.4 is 0 Å². The molecule has 0 aliphatic rings. The molecular weight excluding hydrogens is 252 g/mol. The number of hydrogen-bond donors (Lipinski definition) is 0. The topological polar surface area (TPSA) is 36.9 Å². The fourth-order valence-electron chi connectivity index (χ4n) is 1.15. The molecule has 0 radical (unpaired) electrons. The molecule has 0 saturated carbocycles. The summed E-state index contributed by atoms with van der Waals surface area (Å²) >= 11 is 1.79. The first-order valence-corrected chi connectivity index (χ1v) is 8.11. The van der Waals surface area contributed by atoms with Crippen molar-refractivity contribution in [2.45, 2.75) is 19.8 Å². The molecule has 0 aromatic heterocycles. The largest absolute Gasteiger partial charge is 0.379 e. The highest BCUT2D eigenvalue weighted by molar-refractivity contribution is 7.98. The van der Waals surface area contributed by atoms with Crippen LogP contribution in [0.15, 0.2) is 0 Å². The maximum absolute atomic E-state index is 5.37. The molecule has 0 N–H and O–H groups in total. The van der Waals surface area contributed by atoms with Gasteiger partial charge in [-0.2, -0.15) is 11.8 Å². The molecule has 0 aliphatic heterocycles. The molecule has 18 heavy (non-hydrogen) atoms. The van der Waals surface area contributed by atoms with E-state index in [9.17, 15) is 0 Å². The molecule has 0 aromatic carbocycles. The minimum absolute atomic E-state index is 0.626. The van der Waals surface area contributed by atoms with E-state index in [2.05, 4.69) is 13.2 Å². The van der Waals surface area contributed by atoms with Gasteiger partial charge in [0, 0.05) is 12.4 Å². The van der Waals surface area contributed by atoms with Crippen molar-refractivity contribution in [1.82, 2.24) is 0 Å². The monoisotopic (exact) mass is 280 g/mol. The molecule has 0 aliphatic carbocycles. The van der Waals surface area contributed by atoms with Gasteiger partial charge in [0.05, 0.1) is 46.2 Å². The second-order valence-corrected chi connectivity index (χ2v) is 4.78. The van der Waals surface area contributed by atoms with Crippen molar-refractivity contribution in [3.63, 3.8) is 0 Å². The zero-order valence-corrected chi connectivity index (χ0v) is 12.6. The second-order valence-electron chi connectivity index (χ2n) is 3.80. The first-order chi connectivity index (χ1) is 8.91. The van der Waals surface area contributed by atoms with E-state index in [-0.39, 0.29) is 0 Å². The van der Waals surface area contributed by atoms with E-state index >= 15 is 0 Å². The van der Waals surface area contributed by atoms with Gasteiger partial charge in [0.2, 0.25) is 0 Å². The maximum atomic E-state index is 5.37. The normalized spacial score (nSPS) is 11.0. The van der Waals surface area contributed by atoms with Gasteiger partial charge < -0.3 is 18.9 Å². The van der Waals surface area contributed by atoms with Crippen molar-refractivity contribution in [3.05, 3.63) is 0 Å². The van der Waals surface area contributed by atoms with E-state index in [1.807, 2.05) is 0 Å². The molecule has 0 aromatic rings. The van der Waals surface area contributed by atoms with Gasteiger partial charge in [-0.3, -0.25) is 0 Å². The van der Waals surface area contributed by atoms with Crippen molar-refractivity contribution in [1.29, 1.82) is 0 Å². The summed E-state index contributed by atoms with van der Waals surface area (Å²) < 4.78 is 21.4. The van der Waals surface area contributed by atoms with Crippen molar-refractivity contribution >= 4 is 11.8 Å². The Morgan fingerprint density at radius 2 is 1.11 bits per heavy atom. The van der Waals surface area contributed by atoms with Gasteiger partial charge in [-0.05, 0) is 12.7 Å². The van der Waals surface area contributed by atoms with E-state index in [0.717, 1.165) is 25.4 Å². The molecule has 0 fully saturated rings. The van der Waals surface area contributed by atoms with Crippen LogP contribution in [0.25, 0.3) is 0 Å². The van der Waals surface area contributed by atoms with Crippen molar-refractivity contribution in [3.8, 4) is 0 Å². The van der Waals surface area contributed by atoms with Crippen LogP contribution >= 0.6 is 11.8 Å². The summed E-state index contributed by atoms with van der Waals surface area (Å²) in [5, 5.41) is 0. The summed E-state index contributed by atoms with van der Waals surface area (Å²) in [4.78, 5) is 0. The Kier molecular flexibility index (Phi) is 17.4. The standard InChI is InChI=1S/C13H28O4S/c1-3-4-5-14-6-7-15-8-9-16-10-11-17-12-13-18-2/h3-13H2,1-2H3. The highest BCUT2D eigenvalue weighted by Crippen LogP contribution is 1.90. The Balaban J connectivity index is 2.86. The quantitative estimate of drug-likeness (QED) is 0.430. The first kappa shape index (κ1) is 18.2. The van der Waals surface area contributed by atoms with E-state index in [0.29, 0.717) is 39.6 Å². The highest BCUT2D eigenvalue weighted by Gasteiger charge is 1.92. The van der Waals surface area contributed by atoms with Gasteiger partial charge in [-0.25, -0.2) is 0 Å². The van der Waals surface area contributed by atoms with E-state index in [1.54, 1.807) is 11.8 Å². The van der Waals surface area contributed by atoms with Crippen molar-refractivity contribution in [2.75, 3.05) is 64.9 Å². The molecule has 0 bridgehead atoms. The smallest absolute Gasteiger partial charge is 0.0701 e. The van der Waals surface area contributed by atoms with Gasteiger partial charge in [0.15, 0.2) is 0 Å². The number of ether oxygens (including phenoxy) is 4. The SMILES string of the molecule is CCCCOCCOCCOCCOCCSC. The van der Waals surface area contributed by atoms with Gasteiger partial charge in [-0.15, -0.1) is 0 Å². The summed E-state index contributed by atoms with van der Waals surface area (Å²) in [6.07, 6.45) is 4.37. The minimum Gasteiger partial charge on any atom is -0.379 e. The Hall–Kier alpha value is 0.190. The number of hydrogen-bond acceptors (Lipinski definition) is 5. The average Bonchev–Trinajstić information content (AvgIpc) is 2.39. The molecule has 5 heteroatoms. The highest BCUT2D eigenvalue weighted by atomic mass is 32.2. The Morgan fingerprint density at radius 1 is 0.667 bits per heavy atom. The Bertz CT molecular complexity index is 131. The summed E-state index contributed by atoms with van der Waals surface area (Å²) in [5.41, 5.74) is 0. The molecule has 0 spiro atoms. The zero-order valence-electron chi connectivity index (χ0n) is 11.8. The van der Waals surface area contributed by atoms with Crippen LogP contribution in [0, 0.1) is 0 Å². The van der Waals surface area contributed by atoms with E-state index in [1.165, 1.54) is 6.42 Å². The maximum Gasteiger partial charge on any atom is 0.0701 e. The van der Waals surface area contributed by atoms with Crippen LogP contribution in [0.5, 0.6) is 0 Å². The summed E-state index contributed by atoms with van der Waals surface area (Å²) in [6.45, 7) is 7.69. The van der Waals surface area contributed by atoms with Crippen LogP contribution in [-0.4, -0.2) is 64.9 Å². The van der Waals surface area contributed by atoms with Gasteiger partial charge in [0.1, 0.15) is 0 Å². The summed E-state index contributed by atoms with van der Waals surface area (Å²) in [5.74, 6) is 1.04. The van der Waals surface area contributed by atoms with Crippen LogP contribution in [-0.2, 0) is 18.9 Å². The predicted octanol–water partition coefficient (Wildman–Crippen LogP) is 2.22. The van der Waals surface area contributed by atoms with Gasteiger partial charge >= 0.3 is 0 Å². The third-order valence-corrected chi connectivity index (χ3v) is 2.76. The zero-order chi connectivity index (χ0) is 13.3. The summed E-state index contributed by atoms with van der Waals surface area (Å²) in [7, 11) is 0. The molecular formula is C13H28O4S. The fraction of sp³-hybridized carbons (Fsp3) is 1.00. The lowest BCUT2D eigenvalue weighted by Gasteiger charge is -2.07. The summed E-state index contributed by atoms with van der Waals surface area (Å²) in [6, 6.07) is 0. The van der Waals surface area contributed by atoms with Crippen molar-refractivity contribution in [2.24, 2.45) is 0 Å². The molecule has 4 nitrogen and oxygen atoms in total. The van der Waals surface area contributed by atoms with Gasteiger partial charge in [0.25, 0.3) is 0 Å². The number of rotatable bonds is 15. The van der Waals surface area contributed by atoms with E-state index < -0.39 is 0 Å². The van der Waals surface area contributed by atoms with Crippen LogP contribution in [0.4, 0.5) is 0 Å². The third kappa shape index (κ3) is 16.2. The predicted molar refractivity (Wildman–Crippen MR) is 76.6 cm³/mol. The Morgan fingerprint density at radius 3 is 1.56 bits per heavy atom. The molecule has 0 saturated heterocycles.